The normalized spacial score (nSPS) is 23.2. The number of aliphatic hydroxyl groups excluding tert-OH is 1. The molecule has 0 aromatic heterocycles. The number of piperidine rings is 1. The molecule has 1 aliphatic rings. The average molecular weight is 252 g/mol. The van der Waals surface area contributed by atoms with Gasteiger partial charge >= 0.3 is 5.97 Å². The Bertz CT molecular complexity index is 342. The van der Waals surface area contributed by atoms with Crippen molar-refractivity contribution >= 4 is 16.2 Å². The first-order chi connectivity index (χ1) is 7.49. The van der Waals surface area contributed by atoms with E-state index in [2.05, 4.69) is 4.72 Å². The maximum Gasteiger partial charge on any atom is 0.322 e. The summed E-state index contributed by atoms with van der Waals surface area (Å²) in [4.78, 5) is 10.9. The number of hydrogen-bond donors (Lipinski definition) is 3. The molecule has 8 heteroatoms. The van der Waals surface area contributed by atoms with Crippen molar-refractivity contribution in [3.05, 3.63) is 0 Å². The minimum absolute atomic E-state index is 0.106. The summed E-state index contributed by atoms with van der Waals surface area (Å²) in [5.41, 5.74) is 0. The lowest BCUT2D eigenvalue weighted by molar-refractivity contribution is -0.142. The minimum atomic E-state index is -3.80. The zero-order chi connectivity index (χ0) is 12.2. The van der Waals surface area contributed by atoms with Gasteiger partial charge in [0.1, 0.15) is 6.04 Å². The lowest BCUT2D eigenvalue weighted by atomic mass is 10.1. The number of hydrogen-bond acceptors (Lipinski definition) is 4. The Morgan fingerprint density at radius 2 is 2.12 bits per heavy atom. The number of carboxylic acids is 1. The standard InChI is InChI=1S/C8H16N2O5S/c11-6-4-9-16(14,15)10-5-2-1-3-7(10)8(12)13/h7,9,11H,1-6H2,(H,12,13). The van der Waals surface area contributed by atoms with Gasteiger partial charge in [0.25, 0.3) is 10.2 Å². The van der Waals surface area contributed by atoms with Crippen LogP contribution in [0.15, 0.2) is 0 Å². The molecule has 3 N–H and O–H groups in total. The Balaban J connectivity index is 2.78. The quantitative estimate of drug-likeness (QED) is 0.567. The van der Waals surface area contributed by atoms with Crippen molar-refractivity contribution in [3.8, 4) is 0 Å². The summed E-state index contributed by atoms with van der Waals surface area (Å²) in [5, 5.41) is 17.5. The minimum Gasteiger partial charge on any atom is -0.480 e. The van der Waals surface area contributed by atoms with Gasteiger partial charge in [0.2, 0.25) is 0 Å². The van der Waals surface area contributed by atoms with Crippen LogP contribution in [0.4, 0.5) is 0 Å². The SMILES string of the molecule is O=C(O)C1CCCCN1S(=O)(=O)NCCO. The molecule has 0 bridgehead atoms. The third kappa shape index (κ3) is 3.14. The summed E-state index contributed by atoms with van der Waals surface area (Å²) in [6.07, 6.45) is 1.70. The first-order valence-corrected chi connectivity index (χ1v) is 6.53. The van der Waals surface area contributed by atoms with Crippen LogP contribution in [0.3, 0.4) is 0 Å². The Kier molecular flexibility index (Phi) is 4.66. The molecule has 0 radical (unpaired) electrons. The summed E-state index contributed by atoms with van der Waals surface area (Å²) >= 11 is 0. The van der Waals surface area contributed by atoms with Crippen molar-refractivity contribution in [2.45, 2.75) is 25.3 Å². The van der Waals surface area contributed by atoms with E-state index < -0.39 is 22.2 Å². The highest BCUT2D eigenvalue weighted by Gasteiger charge is 2.36. The van der Waals surface area contributed by atoms with E-state index in [-0.39, 0.29) is 19.7 Å². The Morgan fingerprint density at radius 1 is 1.44 bits per heavy atom. The van der Waals surface area contributed by atoms with Gasteiger partial charge in [-0.3, -0.25) is 4.79 Å². The predicted molar refractivity (Wildman–Crippen MR) is 56.0 cm³/mol. The van der Waals surface area contributed by atoms with E-state index in [0.29, 0.717) is 19.3 Å². The Labute approximate surface area is 94.2 Å². The smallest absolute Gasteiger partial charge is 0.322 e. The molecule has 0 spiro atoms. The molecule has 0 amide bonds. The van der Waals surface area contributed by atoms with Gasteiger partial charge < -0.3 is 10.2 Å². The second-order valence-electron chi connectivity index (χ2n) is 3.58. The van der Waals surface area contributed by atoms with Crippen LogP contribution in [0.25, 0.3) is 0 Å². The molecule has 0 aromatic rings. The maximum absolute atomic E-state index is 11.7. The van der Waals surface area contributed by atoms with Crippen molar-refractivity contribution in [1.82, 2.24) is 9.03 Å². The summed E-state index contributed by atoms with van der Waals surface area (Å²) in [7, 11) is -3.80. The molecule has 0 saturated carbocycles. The van der Waals surface area contributed by atoms with Crippen molar-refractivity contribution < 1.29 is 23.4 Å². The van der Waals surface area contributed by atoms with Crippen LogP contribution >= 0.6 is 0 Å². The van der Waals surface area contributed by atoms with Gasteiger partial charge in [-0.2, -0.15) is 17.4 Å². The monoisotopic (exact) mass is 252 g/mol. The number of nitrogens with one attached hydrogen (secondary N) is 1. The molecule has 0 aromatic carbocycles. The zero-order valence-electron chi connectivity index (χ0n) is 8.79. The molecule has 7 nitrogen and oxygen atoms in total. The largest absolute Gasteiger partial charge is 0.480 e. The molecule has 16 heavy (non-hydrogen) atoms. The van der Waals surface area contributed by atoms with Crippen molar-refractivity contribution in [2.24, 2.45) is 0 Å². The lowest BCUT2D eigenvalue weighted by Crippen LogP contribution is -2.52. The van der Waals surface area contributed by atoms with E-state index in [4.69, 9.17) is 10.2 Å². The molecule has 1 atom stereocenters. The molecule has 1 saturated heterocycles. The van der Waals surface area contributed by atoms with Gasteiger partial charge in [0.05, 0.1) is 6.61 Å². The first-order valence-electron chi connectivity index (χ1n) is 5.09. The van der Waals surface area contributed by atoms with Crippen LogP contribution in [0.1, 0.15) is 19.3 Å². The maximum atomic E-state index is 11.7. The summed E-state index contributed by atoms with van der Waals surface area (Å²) in [5.74, 6) is -1.13. The number of carbonyl (C=O) groups is 1. The molecule has 1 aliphatic heterocycles. The van der Waals surface area contributed by atoms with E-state index in [1.807, 2.05) is 0 Å². The van der Waals surface area contributed by atoms with Gasteiger partial charge in [-0.05, 0) is 19.3 Å². The second-order valence-corrected chi connectivity index (χ2v) is 5.29. The number of aliphatic carboxylic acids is 1. The third-order valence-electron chi connectivity index (χ3n) is 2.44. The van der Waals surface area contributed by atoms with Crippen LogP contribution in [0.2, 0.25) is 0 Å². The first kappa shape index (κ1) is 13.4. The van der Waals surface area contributed by atoms with Crippen LogP contribution in [0.5, 0.6) is 0 Å². The van der Waals surface area contributed by atoms with Gasteiger partial charge in [0.15, 0.2) is 0 Å². The van der Waals surface area contributed by atoms with Gasteiger partial charge in [-0.1, -0.05) is 0 Å². The van der Waals surface area contributed by atoms with E-state index in [1.165, 1.54) is 0 Å². The van der Waals surface area contributed by atoms with Crippen LogP contribution in [0, 0.1) is 0 Å². The van der Waals surface area contributed by atoms with Crippen LogP contribution in [-0.2, 0) is 15.0 Å². The van der Waals surface area contributed by atoms with Gasteiger partial charge in [-0.15, -0.1) is 0 Å². The average Bonchev–Trinajstić information content (AvgIpc) is 2.26. The van der Waals surface area contributed by atoms with Crippen LogP contribution < -0.4 is 4.72 Å². The molecule has 0 aliphatic carbocycles. The number of aliphatic hydroxyl groups is 1. The van der Waals surface area contributed by atoms with Crippen molar-refractivity contribution in [1.29, 1.82) is 0 Å². The fourth-order valence-corrected chi connectivity index (χ4v) is 3.11. The molecule has 1 fully saturated rings. The summed E-state index contributed by atoms with van der Waals surface area (Å²) in [6.45, 7) is -0.215. The lowest BCUT2D eigenvalue weighted by Gasteiger charge is -2.31. The Hall–Kier alpha value is -0.700. The molecular weight excluding hydrogens is 236 g/mol. The fraction of sp³-hybridized carbons (Fsp3) is 0.875. The second kappa shape index (κ2) is 5.58. The molecule has 1 unspecified atom stereocenters. The number of nitrogens with zero attached hydrogens (tertiary/aromatic N) is 1. The highest BCUT2D eigenvalue weighted by Crippen LogP contribution is 2.19. The van der Waals surface area contributed by atoms with Crippen molar-refractivity contribution in [2.75, 3.05) is 19.7 Å². The third-order valence-corrected chi connectivity index (χ3v) is 4.07. The summed E-state index contributed by atoms with van der Waals surface area (Å²) < 4.78 is 26.5. The van der Waals surface area contributed by atoms with Gasteiger partial charge in [-0.25, -0.2) is 0 Å². The van der Waals surface area contributed by atoms with E-state index in [1.54, 1.807) is 0 Å². The molecule has 94 valence electrons. The highest BCUT2D eigenvalue weighted by atomic mass is 32.2. The zero-order valence-corrected chi connectivity index (χ0v) is 9.61. The number of carboxylic acid groups (broad SMARTS) is 1. The predicted octanol–water partition coefficient (Wildman–Crippen LogP) is -1.25. The highest BCUT2D eigenvalue weighted by molar-refractivity contribution is 7.87. The van der Waals surface area contributed by atoms with E-state index >= 15 is 0 Å². The van der Waals surface area contributed by atoms with E-state index in [0.717, 1.165) is 4.31 Å². The Morgan fingerprint density at radius 3 is 2.69 bits per heavy atom. The molecule has 1 rings (SSSR count). The van der Waals surface area contributed by atoms with Crippen molar-refractivity contribution in [3.63, 3.8) is 0 Å². The topological polar surface area (TPSA) is 107 Å². The van der Waals surface area contributed by atoms with Crippen LogP contribution in [-0.4, -0.2) is 54.6 Å². The number of rotatable bonds is 5. The van der Waals surface area contributed by atoms with E-state index in [9.17, 15) is 13.2 Å². The fourth-order valence-electron chi connectivity index (χ4n) is 1.70. The molecule has 1 heterocycles. The summed E-state index contributed by atoms with van der Waals surface area (Å²) in [6, 6.07) is -0.995. The molecular formula is C8H16N2O5S. The van der Waals surface area contributed by atoms with Gasteiger partial charge in [0, 0.05) is 13.1 Å².